The van der Waals surface area contributed by atoms with E-state index in [1.54, 1.807) is 6.08 Å². The number of aliphatic carboxylic acids is 1. The zero-order chi connectivity index (χ0) is 12.8. The molecule has 0 bridgehead atoms. The predicted molar refractivity (Wildman–Crippen MR) is 70.7 cm³/mol. The minimum absolute atomic E-state index is 0.414. The summed E-state index contributed by atoms with van der Waals surface area (Å²) in [5, 5.41) is 12.7. The Balaban J connectivity index is 2.67. The van der Waals surface area contributed by atoms with Crippen LogP contribution in [0.2, 0.25) is 5.02 Å². The normalized spacial score (nSPS) is 11.4. The van der Waals surface area contributed by atoms with Crippen molar-refractivity contribution in [3.05, 3.63) is 40.4 Å². The first-order valence-electron chi connectivity index (χ1n) is 5.47. The number of carboxylic acid groups (broad SMARTS) is 1. The van der Waals surface area contributed by atoms with Gasteiger partial charge in [0.15, 0.2) is 0 Å². The number of aryl methyl sites for hydroxylation is 1. The van der Waals surface area contributed by atoms with Crippen molar-refractivity contribution < 1.29 is 9.90 Å². The summed E-state index contributed by atoms with van der Waals surface area (Å²) in [4.78, 5) is 10.8. The van der Waals surface area contributed by atoms with Crippen LogP contribution in [0.25, 0.3) is 0 Å². The van der Waals surface area contributed by atoms with E-state index >= 15 is 0 Å². The highest BCUT2D eigenvalue weighted by Gasteiger charge is 2.03. The monoisotopic (exact) mass is 253 g/mol. The van der Waals surface area contributed by atoms with E-state index in [0.29, 0.717) is 23.6 Å². The molecule has 1 aromatic rings. The fraction of sp³-hybridized carbons (Fsp3) is 0.308. The molecule has 0 amide bonds. The third-order valence-corrected chi connectivity index (χ3v) is 2.73. The Labute approximate surface area is 106 Å². The average Bonchev–Trinajstić information content (AvgIpc) is 2.28. The Kier molecular flexibility index (Phi) is 5.04. The second kappa shape index (κ2) is 6.30. The number of anilines is 1. The summed E-state index contributed by atoms with van der Waals surface area (Å²) in [6.07, 6.45) is 2.20. The molecular weight excluding hydrogens is 238 g/mol. The molecule has 0 heterocycles. The molecule has 0 saturated carbocycles. The van der Waals surface area contributed by atoms with Crippen LogP contribution in [-0.2, 0) is 4.79 Å². The van der Waals surface area contributed by atoms with E-state index in [1.165, 1.54) is 0 Å². The molecule has 0 saturated heterocycles. The molecule has 0 spiro atoms. The number of carboxylic acids is 1. The summed E-state index contributed by atoms with van der Waals surface area (Å²) in [5.41, 5.74) is 2.42. The lowest BCUT2D eigenvalue weighted by Gasteiger charge is -2.08. The van der Waals surface area contributed by atoms with Gasteiger partial charge < -0.3 is 10.4 Å². The minimum atomic E-state index is -0.864. The van der Waals surface area contributed by atoms with Crippen LogP contribution in [-0.4, -0.2) is 17.6 Å². The number of benzene rings is 1. The molecule has 17 heavy (non-hydrogen) atoms. The maximum atomic E-state index is 10.8. The molecule has 0 aliphatic heterocycles. The summed E-state index contributed by atoms with van der Waals surface area (Å²) in [6.45, 7) is 4.28. The molecule has 0 unspecified atom stereocenters. The highest BCUT2D eigenvalue weighted by Crippen LogP contribution is 2.19. The quantitative estimate of drug-likeness (QED) is 0.790. The highest BCUT2D eigenvalue weighted by atomic mass is 35.5. The van der Waals surface area contributed by atoms with Crippen molar-refractivity contribution in [3.63, 3.8) is 0 Å². The van der Waals surface area contributed by atoms with Gasteiger partial charge in [-0.25, -0.2) is 4.79 Å². The van der Waals surface area contributed by atoms with Gasteiger partial charge in [-0.1, -0.05) is 30.7 Å². The molecule has 2 N–H and O–H groups in total. The second-order valence-electron chi connectivity index (χ2n) is 3.73. The lowest BCUT2D eigenvalue weighted by atomic mass is 10.2. The van der Waals surface area contributed by atoms with Crippen LogP contribution in [0.15, 0.2) is 29.8 Å². The first kappa shape index (κ1) is 13.6. The highest BCUT2D eigenvalue weighted by molar-refractivity contribution is 6.30. The van der Waals surface area contributed by atoms with Crippen molar-refractivity contribution in [3.8, 4) is 0 Å². The topological polar surface area (TPSA) is 49.3 Å². The molecule has 0 fully saturated rings. The smallest absolute Gasteiger partial charge is 0.331 e. The molecule has 0 aliphatic rings. The van der Waals surface area contributed by atoms with Gasteiger partial charge in [-0.05, 0) is 31.0 Å². The summed E-state index contributed by atoms with van der Waals surface area (Å²) in [6, 6.07) is 5.58. The maximum Gasteiger partial charge on any atom is 0.331 e. The molecule has 0 radical (unpaired) electrons. The standard InChI is InChI=1S/C13H16ClNO2/c1-3-10(13(16)17)6-7-15-12-8-11(14)5-4-9(12)2/h4-6,8,15H,3,7H2,1-2H3,(H,16,17)/b10-6-. The first-order valence-corrected chi connectivity index (χ1v) is 5.84. The van der Waals surface area contributed by atoms with Crippen LogP contribution in [0.5, 0.6) is 0 Å². The fourth-order valence-electron chi connectivity index (χ4n) is 1.45. The summed E-state index contributed by atoms with van der Waals surface area (Å²) in [5.74, 6) is -0.864. The van der Waals surface area contributed by atoms with Gasteiger partial charge in [0.2, 0.25) is 0 Å². The summed E-state index contributed by atoms with van der Waals surface area (Å²) >= 11 is 5.89. The number of hydrogen-bond donors (Lipinski definition) is 2. The number of rotatable bonds is 5. The van der Waals surface area contributed by atoms with Crippen molar-refractivity contribution >= 4 is 23.3 Å². The van der Waals surface area contributed by atoms with Crippen LogP contribution in [0, 0.1) is 6.92 Å². The molecule has 3 nitrogen and oxygen atoms in total. The van der Waals surface area contributed by atoms with Crippen molar-refractivity contribution in [1.29, 1.82) is 0 Å². The van der Waals surface area contributed by atoms with Crippen LogP contribution in [0.4, 0.5) is 5.69 Å². The van der Waals surface area contributed by atoms with Gasteiger partial charge in [0.1, 0.15) is 0 Å². The lowest BCUT2D eigenvalue weighted by molar-refractivity contribution is -0.132. The second-order valence-corrected chi connectivity index (χ2v) is 4.16. The molecule has 1 aromatic carbocycles. The molecule has 0 aromatic heterocycles. The molecule has 0 aliphatic carbocycles. The van der Waals surface area contributed by atoms with Gasteiger partial charge in [0.05, 0.1) is 0 Å². The number of halogens is 1. The third kappa shape index (κ3) is 4.11. The average molecular weight is 254 g/mol. The molecular formula is C13H16ClNO2. The first-order chi connectivity index (χ1) is 8.04. The number of carbonyl (C=O) groups is 1. The summed E-state index contributed by atoms with van der Waals surface area (Å²) < 4.78 is 0. The zero-order valence-electron chi connectivity index (χ0n) is 9.96. The largest absolute Gasteiger partial charge is 0.478 e. The van der Waals surface area contributed by atoms with Crippen molar-refractivity contribution in [2.45, 2.75) is 20.3 Å². The molecule has 1 rings (SSSR count). The molecule has 0 atom stereocenters. The zero-order valence-corrected chi connectivity index (χ0v) is 10.7. The van der Waals surface area contributed by atoms with Gasteiger partial charge >= 0.3 is 5.97 Å². The van der Waals surface area contributed by atoms with Crippen molar-refractivity contribution in [2.24, 2.45) is 0 Å². The van der Waals surface area contributed by atoms with E-state index in [1.807, 2.05) is 32.0 Å². The third-order valence-electron chi connectivity index (χ3n) is 2.50. The van der Waals surface area contributed by atoms with E-state index in [2.05, 4.69) is 5.32 Å². The fourth-order valence-corrected chi connectivity index (χ4v) is 1.62. The van der Waals surface area contributed by atoms with E-state index < -0.39 is 5.97 Å². The van der Waals surface area contributed by atoms with Crippen molar-refractivity contribution in [1.82, 2.24) is 0 Å². The summed E-state index contributed by atoms with van der Waals surface area (Å²) in [7, 11) is 0. The van der Waals surface area contributed by atoms with Crippen molar-refractivity contribution in [2.75, 3.05) is 11.9 Å². The van der Waals surface area contributed by atoms with Gasteiger partial charge in [-0.3, -0.25) is 0 Å². The number of hydrogen-bond acceptors (Lipinski definition) is 2. The Hall–Kier alpha value is -1.48. The maximum absolute atomic E-state index is 10.8. The SMILES string of the molecule is CC/C(=C/CNc1cc(Cl)ccc1C)C(=O)O. The Morgan fingerprint density at radius 1 is 1.53 bits per heavy atom. The lowest BCUT2D eigenvalue weighted by Crippen LogP contribution is -2.05. The van der Waals surface area contributed by atoms with Gasteiger partial charge in [0.25, 0.3) is 0 Å². The van der Waals surface area contributed by atoms with E-state index in [9.17, 15) is 4.79 Å². The van der Waals surface area contributed by atoms with E-state index in [-0.39, 0.29) is 0 Å². The van der Waals surface area contributed by atoms with E-state index in [0.717, 1.165) is 11.3 Å². The predicted octanol–water partition coefficient (Wildman–Crippen LogP) is 3.48. The Morgan fingerprint density at radius 2 is 2.24 bits per heavy atom. The van der Waals surface area contributed by atoms with Crippen LogP contribution >= 0.6 is 11.6 Å². The van der Waals surface area contributed by atoms with Crippen LogP contribution in [0.1, 0.15) is 18.9 Å². The van der Waals surface area contributed by atoms with Crippen LogP contribution in [0.3, 0.4) is 0 Å². The molecule has 92 valence electrons. The van der Waals surface area contributed by atoms with Gasteiger partial charge in [-0.2, -0.15) is 0 Å². The van der Waals surface area contributed by atoms with Gasteiger partial charge in [0, 0.05) is 22.8 Å². The van der Waals surface area contributed by atoms with Gasteiger partial charge in [-0.15, -0.1) is 0 Å². The Bertz CT molecular complexity index is 441. The minimum Gasteiger partial charge on any atom is -0.478 e. The molecule has 4 heteroatoms. The number of nitrogens with one attached hydrogen (secondary N) is 1. The van der Waals surface area contributed by atoms with E-state index in [4.69, 9.17) is 16.7 Å². The van der Waals surface area contributed by atoms with Crippen LogP contribution < -0.4 is 5.32 Å². The Morgan fingerprint density at radius 3 is 2.82 bits per heavy atom.